The summed E-state index contributed by atoms with van der Waals surface area (Å²) in [5, 5.41) is 0. The summed E-state index contributed by atoms with van der Waals surface area (Å²) < 4.78 is 12.0. The lowest BCUT2D eigenvalue weighted by molar-refractivity contribution is 0.00578. The molecule has 0 atom stereocenters. The van der Waals surface area contributed by atoms with Crippen LogP contribution >= 0.6 is 0 Å². The maximum Gasteiger partial charge on any atom is 0.514 e. The van der Waals surface area contributed by atoms with Crippen LogP contribution in [0.5, 0.6) is 0 Å². The maximum atomic E-state index is 6.00. The van der Waals surface area contributed by atoms with Gasteiger partial charge in [-0.1, -0.05) is 0 Å². The molecule has 1 fully saturated rings. The number of hydrogen-bond acceptors (Lipinski definition) is 4. The van der Waals surface area contributed by atoms with Gasteiger partial charge >= 0.3 is 7.12 Å². The van der Waals surface area contributed by atoms with E-state index < -0.39 is 7.12 Å². The summed E-state index contributed by atoms with van der Waals surface area (Å²) in [6, 6.07) is 1.93. The predicted octanol–water partition coefficient (Wildman–Crippen LogP) is 1.15. The lowest BCUT2D eigenvalue weighted by atomic mass is 9.80. The molecule has 0 bridgehead atoms. The standard InChI is InChI=1S/C13H21BN2O2/c1-9-10(8-15)6-7-16-11(9)14-17-12(2,3)13(4,5)18-14/h6-7H,8,15H2,1-5H3. The maximum absolute atomic E-state index is 6.00. The second-order valence-electron chi connectivity index (χ2n) is 5.77. The zero-order chi connectivity index (χ0) is 13.6. The normalized spacial score (nSPS) is 21.3. The fourth-order valence-corrected chi connectivity index (χ4v) is 2.01. The van der Waals surface area contributed by atoms with Gasteiger partial charge in [-0.15, -0.1) is 0 Å². The van der Waals surface area contributed by atoms with Crippen molar-refractivity contribution in [2.24, 2.45) is 5.73 Å². The third kappa shape index (κ3) is 2.07. The van der Waals surface area contributed by atoms with E-state index in [1.165, 1.54) is 0 Å². The van der Waals surface area contributed by atoms with Crippen LogP contribution in [0.1, 0.15) is 38.8 Å². The average Bonchev–Trinajstić information content (AvgIpc) is 2.48. The Morgan fingerprint density at radius 2 is 1.78 bits per heavy atom. The minimum absolute atomic E-state index is 0.343. The van der Waals surface area contributed by atoms with Gasteiger partial charge in [-0.25, -0.2) is 0 Å². The molecule has 5 heteroatoms. The van der Waals surface area contributed by atoms with Crippen LogP contribution in [0.4, 0.5) is 0 Å². The molecule has 0 amide bonds. The molecule has 1 aliphatic heterocycles. The number of nitrogens with zero attached hydrogens (tertiary/aromatic N) is 1. The van der Waals surface area contributed by atoms with Crippen molar-refractivity contribution in [3.63, 3.8) is 0 Å². The first-order chi connectivity index (χ1) is 8.28. The van der Waals surface area contributed by atoms with E-state index >= 15 is 0 Å². The summed E-state index contributed by atoms with van der Waals surface area (Å²) in [6.45, 7) is 10.7. The van der Waals surface area contributed by atoms with E-state index in [0.29, 0.717) is 6.54 Å². The first kappa shape index (κ1) is 13.5. The summed E-state index contributed by atoms with van der Waals surface area (Å²) >= 11 is 0. The molecule has 2 heterocycles. The fourth-order valence-electron chi connectivity index (χ4n) is 2.01. The number of pyridine rings is 1. The van der Waals surface area contributed by atoms with E-state index in [1.54, 1.807) is 6.20 Å². The van der Waals surface area contributed by atoms with Crippen molar-refractivity contribution in [1.29, 1.82) is 0 Å². The SMILES string of the molecule is Cc1c(CN)ccnc1B1OC(C)(C)C(C)(C)O1. The summed E-state index contributed by atoms with van der Waals surface area (Å²) in [4.78, 5) is 4.39. The molecule has 0 radical (unpaired) electrons. The summed E-state index contributed by atoms with van der Waals surface area (Å²) in [5.41, 5.74) is 7.99. The van der Waals surface area contributed by atoms with Gasteiger partial charge in [0.2, 0.25) is 0 Å². The molecule has 2 N–H and O–H groups in total. The van der Waals surface area contributed by atoms with E-state index in [1.807, 2.05) is 40.7 Å². The molecular formula is C13H21BN2O2. The second kappa shape index (κ2) is 4.33. The van der Waals surface area contributed by atoms with Crippen LogP contribution in [0.25, 0.3) is 0 Å². The second-order valence-corrected chi connectivity index (χ2v) is 5.77. The summed E-state index contributed by atoms with van der Waals surface area (Å²) in [7, 11) is -0.415. The smallest absolute Gasteiger partial charge is 0.398 e. The minimum Gasteiger partial charge on any atom is -0.398 e. The quantitative estimate of drug-likeness (QED) is 0.797. The topological polar surface area (TPSA) is 57.4 Å². The largest absolute Gasteiger partial charge is 0.514 e. The van der Waals surface area contributed by atoms with Gasteiger partial charge in [0.05, 0.1) is 16.8 Å². The molecule has 1 saturated heterocycles. The molecule has 98 valence electrons. The first-order valence-corrected chi connectivity index (χ1v) is 6.28. The first-order valence-electron chi connectivity index (χ1n) is 6.28. The molecule has 0 aromatic carbocycles. The predicted molar refractivity (Wildman–Crippen MR) is 72.6 cm³/mol. The molecule has 0 unspecified atom stereocenters. The van der Waals surface area contributed by atoms with Gasteiger partial charge < -0.3 is 15.0 Å². The molecule has 1 aromatic heterocycles. The molecule has 1 aliphatic rings. The van der Waals surface area contributed by atoms with Crippen LogP contribution in [0.3, 0.4) is 0 Å². The van der Waals surface area contributed by atoms with Gasteiger partial charge in [0, 0.05) is 12.7 Å². The van der Waals surface area contributed by atoms with Gasteiger partial charge in [-0.3, -0.25) is 4.98 Å². The summed E-state index contributed by atoms with van der Waals surface area (Å²) in [5.74, 6) is 0. The Bertz CT molecular complexity index is 444. The van der Waals surface area contributed by atoms with Crippen molar-refractivity contribution >= 4 is 12.7 Å². The Balaban J connectivity index is 2.35. The van der Waals surface area contributed by atoms with Crippen molar-refractivity contribution in [1.82, 2.24) is 4.98 Å². The zero-order valence-corrected chi connectivity index (χ0v) is 11.8. The highest BCUT2D eigenvalue weighted by atomic mass is 16.7. The minimum atomic E-state index is -0.415. The average molecular weight is 248 g/mol. The van der Waals surface area contributed by atoms with E-state index in [9.17, 15) is 0 Å². The molecule has 18 heavy (non-hydrogen) atoms. The highest BCUT2D eigenvalue weighted by molar-refractivity contribution is 6.61. The molecule has 0 aliphatic carbocycles. The van der Waals surface area contributed by atoms with E-state index in [-0.39, 0.29) is 11.2 Å². The van der Waals surface area contributed by atoms with Gasteiger partial charge in [0.25, 0.3) is 0 Å². The molecule has 0 saturated carbocycles. The van der Waals surface area contributed by atoms with E-state index in [0.717, 1.165) is 16.7 Å². The molecular weight excluding hydrogens is 227 g/mol. The van der Waals surface area contributed by atoms with Crippen molar-refractivity contribution in [3.8, 4) is 0 Å². The van der Waals surface area contributed by atoms with Crippen molar-refractivity contribution in [3.05, 3.63) is 23.4 Å². The zero-order valence-electron chi connectivity index (χ0n) is 11.8. The third-order valence-corrected chi connectivity index (χ3v) is 4.05. The van der Waals surface area contributed by atoms with Crippen LogP contribution in [-0.4, -0.2) is 23.3 Å². The number of aromatic nitrogens is 1. The number of hydrogen-bond donors (Lipinski definition) is 1. The Labute approximate surface area is 109 Å². The van der Waals surface area contributed by atoms with Gasteiger partial charge in [-0.2, -0.15) is 0 Å². The Morgan fingerprint density at radius 3 is 2.28 bits per heavy atom. The van der Waals surface area contributed by atoms with Crippen molar-refractivity contribution in [2.75, 3.05) is 0 Å². The summed E-state index contributed by atoms with van der Waals surface area (Å²) in [6.07, 6.45) is 1.76. The van der Waals surface area contributed by atoms with Crippen LogP contribution in [-0.2, 0) is 15.9 Å². The van der Waals surface area contributed by atoms with E-state index in [2.05, 4.69) is 4.98 Å². The monoisotopic (exact) mass is 248 g/mol. The van der Waals surface area contributed by atoms with Gasteiger partial charge in [0.15, 0.2) is 0 Å². The Morgan fingerprint density at radius 1 is 1.22 bits per heavy atom. The number of rotatable bonds is 2. The van der Waals surface area contributed by atoms with E-state index in [4.69, 9.17) is 15.0 Å². The number of nitrogens with two attached hydrogens (primary N) is 1. The molecule has 1 aromatic rings. The highest BCUT2D eigenvalue weighted by Gasteiger charge is 2.52. The lowest BCUT2D eigenvalue weighted by Crippen LogP contribution is -2.41. The van der Waals surface area contributed by atoms with Gasteiger partial charge in [-0.05, 0) is 51.8 Å². The van der Waals surface area contributed by atoms with Crippen LogP contribution < -0.4 is 11.3 Å². The van der Waals surface area contributed by atoms with Crippen LogP contribution in [0.2, 0.25) is 0 Å². The molecule has 4 nitrogen and oxygen atoms in total. The van der Waals surface area contributed by atoms with Crippen LogP contribution in [0.15, 0.2) is 12.3 Å². The fraction of sp³-hybridized carbons (Fsp3) is 0.615. The van der Waals surface area contributed by atoms with Gasteiger partial charge in [0.1, 0.15) is 0 Å². The lowest BCUT2D eigenvalue weighted by Gasteiger charge is -2.32. The van der Waals surface area contributed by atoms with Crippen LogP contribution in [0, 0.1) is 6.92 Å². The van der Waals surface area contributed by atoms with Crippen molar-refractivity contribution in [2.45, 2.75) is 52.4 Å². The Hall–Kier alpha value is -0.905. The third-order valence-electron chi connectivity index (χ3n) is 4.05. The molecule has 0 spiro atoms. The molecule has 2 rings (SSSR count). The van der Waals surface area contributed by atoms with Crippen molar-refractivity contribution < 1.29 is 9.31 Å². The Kier molecular flexibility index (Phi) is 3.26. The highest BCUT2D eigenvalue weighted by Crippen LogP contribution is 2.36.